The molecular formula is C17H18N4O3. The summed E-state index contributed by atoms with van der Waals surface area (Å²) in [6.07, 6.45) is 3.16. The van der Waals surface area contributed by atoms with E-state index in [2.05, 4.69) is 15.5 Å². The summed E-state index contributed by atoms with van der Waals surface area (Å²) in [5.74, 6) is 0.860. The van der Waals surface area contributed by atoms with Gasteiger partial charge in [0.1, 0.15) is 29.8 Å². The van der Waals surface area contributed by atoms with E-state index in [0.717, 1.165) is 5.69 Å². The third-order valence-electron chi connectivity index (χ3n) is 3.71. The van der Waals surface area contributed by atoms with Gasteiger partial charge in [-0.15, -0.1) is 10.2 Å². The van der Waals surface area contributed by atoms with Crippen LogP contribution >= 0.6 is 0 Å². The van der Waals surface area contributed by atoms with Gasteiger partial charge in [0.25, 0.3) is 5.91 Å². The smallest absolute Gasteiger partial charge is 0.251 e. The second-order valence-corrected chi connectivity index (χ2v) is 5.78. The fourth-order valence-electron chi connectivity index (χ4n) is 2.28. The lowest BCUT2D eigenvalue weighted by molar-refractivity contribution is 0.0323. The second kappa shape index (κ2) is 6.29. The summed E-state index contributed by atoms with van der Waals surface area (Å²) in [6.45, 7) is 3.45. The minimum absolute atomic E-state index is 0.0476. The maximum Gasteiger partial charge on any atom is 0.251 e. The Hall–Kier alpha value is -2.93. The van der Waals surface area contributed by atoms with Crippen molar-refractivity contribution in [3.05, 3.63) is 66.1 Å². The second-order valence-electron chi connectivity index (χ2n) is 5.78. The number of nitrogens with zero attached hydrogens (tertiary/aromatic N) is 3. The zero-order chi connectivity index (χ0) is 17.2. The molecule has 2 N–H and O–H groups in total. The first-order valence-electron chi connectivity index (χ1n) is 7.48. The molecule has 24 heavy (non-hydrogen) atoms. The molecule has 124 valence electrons. The Kier molecular flexibility index (Phi) is 4.18. The maximum absolute atomic E-state index is 12.2. The summed E-state index contributed by atoms with van der Waals surface area (Å²) in [7, 11) is 0. The highest BCUT2D eigenvalue weighted by Gasteiger charge is 2.27. The third kappa shape index (κ3) is 3.36. The highest BCUT2D eigenvalue weighted by atomic mass is 16.4. The van der Waals surface area contributed by atoms with E-state index in [4.69, 9.17) is 4.42 Å². The van der Waals surface area contributed by atoms with Crippen molar-refractivity contribution < 1.29 is 14.3 Å². The van der Waals surface area contributed by atoms with Crippen LogP contribution in [0.5, 0.6) is 0 Å². The van der Waals surface area contributed by atoms with E-state index in [9.17, 15) is 9.90 Å². The molecule has 0 fully saturated rings. The van der Waals surface area contributed by atoms with E-state index in [0.29, 0.717) is 17.1 Å². The van der Waals surface area contributed by atoms with Gasteiger partial charge in [0.15, 0.2) is 0 Å². The number of benzene rings is 1. The molecule has 0 saturated carbocycles. The summed E-state index contributed by atoms with van der Waals surface area (Å²) in [5, 5.41) is 20.6. The molecule has 0 radical (unpaired) electrons. The molecule has 1 amide bonds. The zero-order valence-electron chi connectivity index (χ0n) is 13.4. The lowest BCUT2D eigenvalue weighted by Gasteiger charge is -2.21. The van der Waals surface area contributed by atoms with Gasteiger partial charge >= 0.3 is 0 Å². The SMILES string of the molecule is Cc1ccc(C(C)(O)CNC(=O)c2ccc(-n3cnnc3)cc2)o1. The molecule has 3 rings (SSSR count). The molecular weight excluding hydrogens is 308 g/mol. The largest absolute Gasteiger partial charge is 0.463 e. The summed E-state index contributed by atoms with van der Waals surface area (Å²) in [6, 6.07) is 10.5. The molecule has 1 atom stereocenters. The molecule has 1 unspecified atom stereocenters. The van der Waals surface area contributed by atoms with Crippen LogP contribution < -0.4 is 5.32 Å². The number of carbonyl (C=O) groups is 1. The van der Waals surface area contributed by atoms with E-state index in [1.165, 1.54) is 0 Å². The third-order valence-corrected chi connectivity index (χ3v) is 3.71. The first-order valence-corrected chi connectivity index (χ1v) is 7.48. The van der Waals surface area contributed by atoms with Crippen LogP contribution in [0.1, 0.15) is 28.8 Å². The van der Waals surface area contributed by atoms with E-state index >= 15 is 0 Å². The molecule has 3 aromatic rings. The fraction of sp³-hybridized carbons (Fsp3) is 0.235. The summed E-state index contributed by atoms with van der Waals surface area (Å²) >= 11 is 0. The number of aliphatic hydroxyl groups is 1. The zero-order valence-corrected chi connectivity index (χ0v) is 13.4. The number of hydrogen-bond acceptors (Lipinski definition) is 5. The minimum atomic E-state index is -1.27. The van der Waals surface area contributed by atoms with Crippen molar-refractivity contribution in [3.8, 4) is 5.69 Å². The van der Waals surface area contributed by atoms with Crippen molar-refractivity contribution in [2.45, 2.75) is 19.4 Å². The van der Waals surface area contributed by atoms with E-state index in [-0.39, 0.29) is 12.5 Å². The van der Waals surface area contributed by atoms with Gasteiger partial charge < -0.3 is 14.8 Å². The molecule has 0 aliphatic heterocycles. The number of amides is 1. The minimum Gasteiger partial charge on any atom is -0.463 e. The highest BCUT2D eigenvalue weighted by molar-refractivity contribution is 5.94. The van der Waals surface area contributed by atoms with Crippen LogP contribution in [0.4, 0.5) is 0 Å². The van der Waals surface area contributed by atoms with E-state index in [1.807, 2.05) is 0 Å². The van der Waals surface area contributed by atoms with Crippen LogP contribution in [0.2, 0.25) is 0 Å². The van der Waals surface area contributed by atoms with Crippen LogP contribution in [-0.4, -0.2) is 32.3 Å². The summed E-state index contributed by atoms with van der Waals surface area (Å²) in [4.78, 5) is 12.2. The van der Waals surface area contributed by atoms with Crippen LogP contribution in [0.25, 0.3) is 5.69 Å². The maximum atomic E-state index is 12.2. The Bertz CT molecular complexity index is 820. The molecule has 2 aromatic heterocycles. The van der Waals surface area contributed by atoms with Crippen molar-refractivity contribution in [1.82, 2.24) is 20.1 Å². The molecule has 0 bridgehead atoms. The van der Waals surface area contributed by atoms with Gasteiger partial charge in [-0.2, -0.15) is 0 Å². The van der Waals surface area contributed by atoms with Gasteiger partial charge in [-0.05, 0) is 50.2 Å². The lowest BCUT2D eigenvalue weighted by Crippen LogP contribution is -2.38. The number of carbonyl (C=O) groups excluding carboxylic acids is 1. The van der Waals surface area contributed by atoms with Crippen LogP contribution in [0.3, 0.4) is 0 Å². The van der Waals surface area contributed by atoms with Gasteiger partial charge in [0.05, 0.1) is 6.54 Å². The standard InChI is InChI=1S/C17H18N4O3/c1-12-3-8-15(24-12)17(2,23)9-18-16(22)13-4-6-14(7-5-13)21-10-19-20-11-21/h3-8,10-11,23H,9H2,1-2H3,(H,18,22). The van der Waals surface area contributed by atoms with Crippen molar-refractivity contribution in [2.24, 2.45) is 0 Å². The fourth-order valence-corrected chi connectivity index (χ4v) is 2.28. The van der Waals surface area contributed by atoms with Gasteiger partial charge in [-0.3, -0.25) is 9.36 Å². The van der Waals surface area contributed by atoms with Gasteiger partial charge in [-0.25, -0.2) is 0 Å². The average Bonchev–Trinajstić information content (AvgIpc) is 3.24. The number of hydrogen-bond donors (Lipinski definition) is 2. The quantitative estimate of drug-likeness (QED) is 0.746. The molecule has 0 spiro atoms. The van der Waals surface area contributed by atoms with Gasteiger partial charge in [0.2, 0.25) is 0 Å². The molecule has 7 nitrogen and oxygen atoms in total. The molecule has 0 saturated heterocycles. The van der Waals surface area contributed by atoms with Gasteiger partial charge in [0, 0.05) is 11.3 Å². The van der Waals surface area contributed by atoms with Crippen LogP contribution in [-0.2, 0) is 5.60 Å². The van der Waals surface area contributed by atoms with E-state index < -0.39 is 5.60 Å². The number of aryl methyl sites for hydroxylation is 1. The van der Waals surface area contributed by atoms with Crippen LogP contribution in [0.15, 0.2) is 53.5 Å². The number of nitrogens with one attached hydrogen (secondary N) is 1. The monoisotopic (exact) mass is 326 g/mol. The summed E-state index contributed by atoms with van der Waals surface area (Å²) < 4.78 is 7.17. The molecule has 1 aromatic carbocycles. The molecule has 0 aliphatic rings. The van der Waals surface area contributed by atoms with Crippen molar-refractivity contribution in [3.63, 3.8) is 0 Å². The van der Waals surface area contributed by atoms with E-state index in [1.54, 1.807) is 67.5 Å². The first-order chi connectivity index (χ1) is 11.5. The predicted molar refractivity (Wildman–Crippen MR) is 86.7 cm³/mol. The molecule has 2 heterocycles. The average molecular weight is 326 g/mol. The topological polar surface area (TPSA) is 93.2 Å². The van der Waals surface area contributed by atoms with Crippen molar-refractivity contribution >= 4 is 5.91 Å². The Balaban J connectivity index is 1.64. The Morgan fingerprint density at radius 2 is 1.88 bits per heavy atom. The van der Waals surface area contributed by atoms with Crippen LogP contribution in [0, 0.1) is 6.92 Å². The van der Waals surface area contributed by atoms with Crippen molar-refractivity contribution in [2.75, 3.05) is 6.54 Å². The lowest BCUT2D eigenvalue weighted by atomic mass is 10.0. The van der Waals surface area contributed by atoms with Crippen molar-refractivity contribution in [1.29, 1.82) is 0 Å². The number of furan rings is 1. The Morgan fingerprint density at radius 1 is 1.21 bits per heavy atom. The first kappa shape index (κ1) is 15.9. The molecule has 0 aliphatic carbocycles. The Labute approximate surface area is 138 Å². The number of aromatic nitrogens is 3. The highest BCUT2D eigenvalue weighted by Crippen LogP contribution is 2.22. The Morgan fingerprint density at radius 3 is 2.46 bits per heavy atom. The summed E-state index contributed by atoms with van der Waals surface area (Å²) in [5.41, 5.74) is 0.0830. The predicted octanol–water partition coefficient (Wildman–Crippen LogP) is 1.81. The molecule has 7 heteroatoms. The van der Waals surface area contributed by atoms with Gasteiger partial charge in [-0.1, -0.05) is 0 Å². The number of rotatable bonds is 5. The normalized spacial score (nSPS) is 13.5.